The van der Waals surface area contributed by atoms with Crippen molar-refractivity contribution in [2.75, 3.05) is 20.3 Å². The molecule has 0 heterocycles. The molecule has 21 heavy (non-hydrogen) atoms. The third-order valence-electron chi connectivity index (χ3n) is 4.01. The third kappa shape index (κ3) is 5.82. The molecule has 1 fully saturated rings. The molecule has 1 aliphatic carbocycles. The Bertz CT molecular complexity index is 441. The Morgan fingerprint density at radius 1 is 1.38 bits per heavy atom. The molecule has 2 unspecified atom stereocenters. The molecule has 0 radical (unpaired) electrons. The highest BCUT2D eigenvalue weighted by molar-refractivity contribution is 8.00. The fourth-order valence-corrected chi connectivity index (χ4v) is 4.56. The Morgan fingerprint density at radius 3 is 2.95 bits per heavy atom. The highest BCUT2D eigenvalue weighted by Gasteiger charge is 2.19. The molecular formula is C17H26ClNOS. The number of nitrogens with one attached hydrogen (secondary N) is 1. The Hall–Kier alpha value is -0.220. The molecule has 0 saturated heterocycles. The van der Waals surface area contributed by atoms with Gasteiger partial charge in [-0.05, 0) is 36.5 Å². The van der Waals surface area contributed by atoms with E-state index >= 15 is 0 Å². The monoisotopic (exact) mass is 327 g/mol. The maximum atomic E-state index is 6.40. The van der Waals surface area contributed by atoms with E-state index < -0.39 is 0 Å². The van der Waals surface area contributed by atoms with Gasteiger partial charge in [0.25, 0.3) is 0 Å². The van der Waals surface area contributed by atoms with Gasteiger partial charge in [-0.2, -0.15) is 0 Å². The fraction of sp³-hybridized carbons (Fsp3) is 0.647. The minimum atomic E-state index is 0.728. The van der Waals surface area contributed by atoms with Gasteiger partial charge in [-0.25, -0.2) is 0 Å². The Labute approximate surface area is 138 Å². The van der Waals surface area contributed by atoms with Gasteiger partial charge in [-0.15, -0.1) is 11.8 Å². The molecule has 0 bridgehead atoms. The van der Waals surface area contributed by atoms with Crippen LogP contribution in [0.4, 0.5) is 0 Å². The van der Waals surface area contributed by atoms with E-state index in [9.17, 15) is 0 Å². The summed E-state index contributed by atoms with van der Waals surface area (Å²) in [6.07, 6.45) is 5.44. The van der Waals surface area contributed by atoms with E-state index in [4.69, 9.17) is 16.3 Å². The average molecular weight is 328 g/mol. The summed E-state index contributed by atoms with van der Waals surface area (Å²) < 4.78 is 5.02. The second-order valence-electron chi connectivity index (χ2n) is 5.93. The number of ether oxygens (including phenoxy) is 1. The van der Waals surface area contributed by atoms with E-state index in [0.717, 1.165) is 41.5 Å². The van der Waals surface area contributed by atoms with Gasteiger partial charge in [0.15, 0.2) is 0 Å². The molecule has 0 aromatic heterocycles. The Balaban J connectivity index is 1.86. The van der Waals surface area contributed by atoms with Gasteiger partial charge in [0, 0.05) is 35.4 Å². The lowest BCUT2D eigenvalue weighted by Crippen LogP contribution is -2.18. The van der Waals surface area contributed by atoms with Crippen molar-refractivity contribution < 1.29 is 4.74 Å². The van der Waals surface area contributed by atoms with Gasteiger partial charge < -0.3 is 10.1 Å². The number of hydrogen-bond donors (Lipinski definition) is 1. The first kappa shape index (κ1) is 17.1. The molecule has 1 aliphatic rings. The topological polar surface area (TPSA) is 21.3 Å². The quantitative estimate of drug-likeness (QED) is 0.730. The van der Waals surface area contributed by atoms with Crippen molar-refractivity contribution in [2.24, 2.45) is 5.92 Å². The number of hydrogen-bond acceptors (Lipinski definition) is 3. The zero-order valence-electron chi connectivity index (χ0n) is 13.0. The van der Waals surface area contributed by atoms with Crippen molar-refractivity contribution in [3.8, 4) is 0 Å². The maximum Gasteiger partial charge on any atom is 0.0587 e. The molecule has 0 amide bonds. The molecule has 118 valence electrons. The SMILES string of the molecule is COCCNCc1ccc(SC2CCCC(C)C2)cc1Cl. The van der Waals surface area contributed by atoms with Gasteiger partial charge in [0.05, 0.1) is 6.61 Å². The van der Waals surface area contributed by atoms with Crippen LogP contribution in [0, 0.1) is 5.92 Å². The second kappa shape index (κ2) is 9.04. The number of halogens is 1. The summed E-state index contributed by atoms with van der Waals surface area (Å²) in [5, 5.41) is 4.96. The first-order chi connectivity index (χ1) is 10.2. The van der Waals surface area contributed by atoms with Crippen LogP contribution in [0.1, 0.15) is 38.2 Å². The molecule has 2 nitrogen and oxygen atoms in total. The van der Waals surface area contributed by atoms with Crippen LogP contribution in [-0.2, 0) is 11.3 Å². The first-order valence-electron chi connectivity index (χ1n) is 7.83. The summed E-state index contributed by atoms with van der Waals surface area (Å²) in [5.74, 6) is 0.871. The van der Waals surface area contributed by atoms with E-state index in [-0.39, 0.29) is 0 Å². The van der Waals surface area contributed by atoms with E-state index in [0.29, 0.717) is 0 Å². The highest BCUT2D eigenvalue weighted by atomic mass is 35.5. The zero-order chi connectivity index (χ0) is 15.1. The molecule has 2 rings (SSSR count). The highest BCUT2D eigenvalue weighted by Crippen LogP contribution is 2.37. The molecule has 4 heteroatoms. The number of thioether (sulfide) groups is 1. The van der Waals surface area contributed by atoms with Crippen molar-refractivity contribution in [1.29, 1.82) is 0 Å². The number of methoxy groups -OCH3 is 1. The van der Waals surface area contributed by atoms with Gasteiger partial charge >= 0.3 is 0 Å². The minimum Gasteiger partial charge on any atom is -0.383 e. The van der Waals surface area contributed by atoms with Crippen molar-refractivity contribution in [1.82, 2.24) is 5.32 Å². The molecule has 2 atom stereocenters. The van der Waals surface area contributed by atoms with Crippen LogP contribution in [0.5, 0.6) is 0 Å². The molecule has 1 saturated carbocycles. The van der Waals surface area contributed by atoms with Gasteiger partial charge in [-0.1, -0.05) is 37.4 Å². The first-order valence-corrected chi connectivity index (χ1v) is 9.09. The van der Waals surface area contributed by atoms with E-state index in [1.165, 1.54) is 30.6 Å². The normalized spacial score (nSPS) is 22.4. The summed E-state index contributed by atoms with van der Waals surface area (Å²) in [4.78, 5) is 1.31. The number of rotatable bonds is 7. The lowest BCUT2D eigenvalue weighted by molar-refractivity contribution is 0.199. The third-order valence-corrected chi connectivity index (χ3v) is 5.65. The predicted octanol–water partition coefficient (Wildman–Crippen LogP) is 4.75. The van der Waals surface area contributed by atoms with Crippen LogP contribution in [0.25, 0.3) is 0 Å². The maximum absolute atomic E-state index is 6.40. The zero-order valence-corrected chi connectivity index (χ0v) is 14.6. The average Bonchev–Trinajstić information content (AvgIpc) is 2.45. The molecule has 1 N–H and O–H groups in total. The van der Waals surface area contributed by atoms with Gasteiger partial charge in [0.1, 0.15) is 0 Å². The Morgan fingerprint density at radius 2 is 2.24 bits per heavy atom. The summed E-state index contributed by atoms with van der Waals surface area (Å²) in [6, 6.07) is 6.48. The smallest absolute Gasteiger partial charge is 0.0587 e. The number of benzene rings is 1. The minimum absolute atomic E-state index is 0.728. The molecule has 0 aliphatic heterocycles. The summed E-state index contributed by atoms with van der Waals surface area (Å²) in [7, 11) is 1.72. The van der Waals surface area contributed by atoms with Crippen LogP contribution in [0.15, 0.2) is 23.1 Å². The largest absolute Gasteiger partial charge is 0.383 e. The fourth-order valence-electron chi connectivity index (χ4n) is 2.82. The molecule has 1 aromatic carbocycles. The second-order valence-corrected chi connectivity index (χ2v) is 7.72. The van der Waals surface area contributed by atoms with Gasteiger partial charge in [-0.3, -0.25) is 0 Å². The summed E-state index contributed by atoms with van der Waals surface area (Å²) in [5.41, 5.74) is 1.16. The molecular weight excluding hydrogens is 302 g/mol. The predicted molar refractivity (Wildman–Crippen MR) is 92.3 cm³/mol. The van der Waals surface area contributed by atoms with Crippen LogP contribution in [0.3, 0.4) is 0 Å². The van der Waals surface area contributed by atoms with E-state index in [1.54, 1.807) is 7.11 Å². The summed E-state index contributed by atoms with van der Waals surface area (Å²) >= 11 is 8.40. The van der Waals surface area contributed by atoms with Crippen LogP contribution in [0.2, 0.25) is 5.02 Å². The Kier molecular flexibility index (Phi) is 7.38. The van der Waals surface area contributed by atoms with Crippen LogP contribution >= 0.6 is 23.4 Å². The van der Waals surface area contributed by atoms with E-state index in [1.807, 2.05) is 11.8 Å². The van der Waals surface area contributed by atoms with Crippen molar-refractivity contribution in [3.05, 3.63) is 28.8 Å². The van der Waals surface area contributed by atoms with Crippen LogP contribution in [-0.4, -0.2) is 25.5 Å². The molecule has 1 aromatic rings. The lowest BCUT2D eigenvalue weighted by Gasteiger charge is -2.26. The standard InChI is InChI=1S/C17H26ClNOS/c1-13-4-3-5-15(10-13)21-16-7-6-14(17(18)11-16)12-19-8-9-20-2/h6-7,11,13,15,19H,3-5,8-10,12H2,1-2H3. The van der Waals surface area contributed by atoms with E-state index in [2.05, 4.69) is 30.4 Å². The lowest BCUT2D eigenvalue weighted by atomic mass is 9.91. The van der Waals surface area contributed by atoms with Crippen LogP contribution < -0.4 is 5.32 Å². The van der Waals surface area contributed by atoms with Crippen molar-refractivity contribution in [3.63, 3.8) is 0 Å². The summed E-state index contributed by atoms with van der Waals surface area (Å²) in [6.45, 7) is 4.75. The van der Waals surface area contributed by atoms with Crippen molar-refractivity contribution >= 4 is 23.4 Å². The van der Waals surface area contributed by atoms with Crippen molar-refractivity contribution in [2.45, 2.75) is 49.3 Å². The molecule has 0 spiro atoms. The van der Waals surface area contributed by atoms with Gasteiger partial charge in [0.2, 0.25) is 0 Å².